The molecule has 1 heterocycles. The van der Waals surface area contributed by atoms with Crippen LogP contribution in [0.4, 0.5) is 10.6 Å². The minimum Gasteiger partial charge on any atom is -0.477 e. The Morgan fingerprint density at radius 3 is 2.61 bits per heavy atom. The van der Waals surface area contributed by atoms with Crippen molar-refractivity contribution in [1.82, 2.24) is 9.78 Å². The number of amides is 1. The molecule has 23 heavy (non-hydrogen) atoms. The van der Waals surface area contributed by atoms with E-state index < -0.39 is 17.7 Å². The van der Waals surface area contributed by atoms with Gasteiger partial charge in [-0.2, -0.15) is 5.10 Å². The van der Waals surface area contributed by atoms with Crippen molar-refractivity contribution in [3.63, 3.8) is 0 Å². The quantitative estimate of drug-likeness (QED) is 0.893. The molecule has 0 bridgehead atoms. The Hall–Kier alpha value is -2.54. The van der Waals surface area contributed by atoms with Crippen molar-refractivity contribution in [2.75, 3.05) is 5.32 Å². The first-order valence-electron chi connectivity index (χ1n) is 6.74. The Balaban J connectivity index is 2.42. The van der Waals surface area contributed by atoms with Gasteiger partial charge < -0.3 is 9.84 Å². The summed E-state index contributed by atoms with van der Waals surface area (Å²) in [7, 11) is 0. The number of ether oxygens (including phenoxy) is 1. The van der Waals surface area contributed by atoms with Crippen LogP contribution in [0.15, 0.2) is 30.5 Å². The summed E-state index contributed by atoms with van der Waals surface area (Å²) in [4.78, 5) is 23.3. The number of halogens is 1. The molecule has 2 rings (SSSR count). The molecule has 0 atom stereocenters. The van der Waals surface area contributed by atoms with Gasteiger partial charge >= 0.3 is 12.1 Å². The minimum atomic E-state index is -1.22. The number of carbonyl (C=O) groups excluding carboxylic acids is 1. The number of anilines is 1. The molecular formula is C15H16ClN3O4. The molecule has 1 aromatic carbocycles. The molecule has 0 radical (unpaired) electrons. The molecule has 0 fully saturated rings. The van der Waals surface area contributed by atoms with Gasteiger partial charge in [0.05, 0.1) is 11.9 Å². The number of carboxylic acids is 1. The second-order valence-electron chi connectivity index (χ2n) is 5.73. The van der Waals surface area contributed by atoms with Crippen molar-refractivity contribution in [2.24, 2.45) is 0 Å². The van der Waals surface area contributed by atoms with E-state index in [2.05, 4.69) is 10.4 Å². The van der Waals surface area contributed by atoms with Crippen LogP contribution in [-0.4, -0.2) is 32.6 Å². The van der Waals surface area contributed by atoms with Crippen LogP contribution in [0.25, 0.3) is 5.69 Å². The highest BCUT2D eigenvalue weighted by molar-refractivity contribution is 6.30. The number of hydrogen-bond acceptors (Lipinski definition) is 4. The van der Waals surface area contributed by atoms with Crippen LogP contribution < -0.4 is 5.32 Å². The fourth-order valence-electron chi connectivity index (χ4n) is 1.83. The molecule has 0 aliphatic heterocycles. The number of nitrogens with one attached hydrogen (secondary N) is 1. The van der Waals surface area contributed by atoms with E-state index >= 15 is 0 Å². The first-order chi connectivity index (χ1) is 10.7. The molecule has 0 spiro atoms. The summed E-state index contributed by atoms with van der Waals surface area (Å²) in [6.07, 6.45) is 0.374. The lowest BCUT2D eigenvalue weighted by atomic mass is 10.2. The molecule has 2 aromatic rings. The van der Waals surface area contributed by atoms with Crippen LogP contribution in [0.3, 0.4) is 0 Å². The molecule has 0 saturated heterocycles. The summed E-state index contributed by atoms with van der Waals surface area (Å²) < 4.78 is 6.43. The zero-order valence-electron chi connectivity index (χ0n) is 12.8. The number of nitrogens with zero attached hydrogens (tertiary/aromatic N) is 2. The van der Waals surface area contributed by atoms with Gasteiger partial charge in [0.1, 0.15) is 11.2 Å². The van der Waals surface area contributed by atoms with Crippen molar-refractivity contribution in [1.29, 1.82) is 0 Å². The SMILES string of the molecule is CC(C)(C)OC(=O)Nc1c(C(=O)O)cnn1-c1cccc(Cl)c1. The summed E-state index contributed by atoms with van der Waals surface area (Å²) in [6, 6.07) is 6.65. The first kappa shape index (κ1) is 16.8. The highest BCUT2D eigenvalue weighted by atomic mass is 35.5. The average Bonchev–Trinajstić information content (AvgIpc) is 2.80. The van der Waals surface area contributed by atoms with Gasteiger partial charge in [-0.15, -0.1) is 0 Å². The van der Waals surface area contributed by atoms with Gasteiger partial charge in [0.2, 0.25) is 0 Å². The van der Waals surface area contributed by atoms with Crippen LogP contribution in [0, 0.1) is 0 Å². The predicted molar refractivity (Wildman–Crippen MR) is 85.4 cm³/mol. The Bertz CT molecular complexity index is 749. The number of aromatic carboxylic acids is 1. The lowest BCUT2D eigenvalue weighted by molar-refractivity contribution is 0.0635. The van der Waals surface area contributed by atoms with Gasteiger partial charge in [-0.1, -0.05) is 17.7 Å². The van der Waals surface area contributed by atoms with E-state index in [4.69, 9.17) is 16.3 Å². The molecule has 2 N–H and O–H groups in total. The highest BCUT2D eigenvalue weighted by Gasteiger charge is 2.23. The molecule has 0 saturated carbocycles. The van der Waals surface area contributed by atoms with Crippen molar-refractivity contribution in [3.05, 3.63) is 41.0 Å². The Labute approximate surface area is 137 Å². The number of carboxylic acid groups (broad SMARTS) is 1. The van der Waals surface area contributed by atoms with Crippen molar-refractivity contribution >= 4 is 29.5 Å². The smallest absolute Gasteiger partial charge is 0.413 e. The molecule has 1 aromatic heterocycles. The number of carbonyl (C=O) groups is 2. The number of aromatic nitrogens is 2. The zero-order chi connectivity index (χ0) is 17.2. The van der Waals surface area contributed by atoms with E-state index in [-0.39, 0.29) is 11.4 Å². The van der Waals surface area contributed by atoms with Crippen LogP contribution in [0.5, 0.6) is 0 Å². The van der Waals surface area contributed by atoms with Crippen LogP contribution >= 0.6 is 11.6 Å². The topological polar surface area (TPSA) is 93.4 Å². The second-order valence-corrected chi connectivity index (χ2v) is 6.17. The molecule has 0 unspecified atom stereocenters. The van der Waals surface area contributed by atoms with E-state index in [1.54, 1.807) is 45.0 Å². The van der Waals surface area contributed by atoms with Crippen molar-refractivity contribution in [2.45, 2.75) is 26.4 Å². The van der Waals surface area contributed by atoms with E-state index in [1.807, 2.05) is 0 Å². The number of hydrogen-bond donors (Lipinski definition) is 2. The monoisotopic (exact) mass is 337 g/mol. The number of rotatable bonds is 3. The number of benzene rings is 1. The van der Waals surface area contributed by atoms with Crippen molar-refractivity contribution in [3.8, 4) is 5.69 Å². The molecule has 7 nitrogen and oxygen atoms in total. The minimum absolute atomic E-state index is 0.00554. The maximum Gasteiger partial charge on any atom is 0.413 e. The third-order valence-corrected chi connectivity index (χ3v) is 2.91. The summed E-state index contributed by atoms with van der Waals surface area (Å²) in [5.41, 5.74) is -0.360. The van der Waals surface area contributed by atoms with E-state index in [9.17, 15) is 14.7 Å². The lowest BCUT2D eigenvalue weighted by Crippen LogP contribution is -2.28. The third kappa shape index (κ3) is 4.23. The lowest BCUT2D eigenvalue weighted by Gasteiger charge is -2.20. The van der Waals surface area contributed by atoms with Crippen LogP contribution in [0.2, 0.25) is 5.02 Å². The summed E-state index contributed by atoms with van der Waals surface area (Å²) >= 11 is 5.94. The van der Waals surface area contributed by atoms with Crippen LogP contribution in [0.1, 0.15) is 31.1 Å². The Morgan fingerprint density at radius 1 is 1.35 bits per heavy atom. The summed E-state index contributed by atoms with van der Waals surface area (Å²) in [5, 5.41) is 16.1. The maximum absolute atomic E-state index is 12.0. The van der Waals surface area contributed by atoms with Gasteiger partial charge in [-0.3, -0.25) is 5.32 Å². The first-order valence-corrected chi connectivity index (χ1v) is 7.12. The van der Waals surface area contributed by atoms with Gasteiger partial charge in [0.25, 0.3) is 0 Å². The Kier molecular flexibility index (Phi) is 4.60. The largest absolute Gasteiger partial charge is 0.477 e. The molecule has 0 aliphatic rings. The molecule has 122 valence electrons. The van der Waals surface area contributed by atoms with E-state index in [0.29, 0.717) is 10.7 Å². The second kappa shape index (κ2) is 6.29. The summed E-state index contributed by atoms with van der Waals surface area (Å²) in [6.45, 7) is 5.12. The van der Waals surface area contributed by atoms with Crippen molar-refractivity contribution < 1.29 is 19.4 Å². The normalized spacial score (nSPS) is 11.1. The molecule has 0 aliphatic carbocycles. The molecule has 8 heteroatoms. The van der Waals surface area contributed by atoms with Gasteiger partial charge in [-0.05, 0) is 39.0 Å². The molecular weight excluding hydrogens is 322 g/mol. The highest BCUT2D eigenvalue weighted by Crippen LogP contribution is 2.23. The van der Waals surface area contributed by atoms with Gasteiger partial charge in [0.15, 0.2) is 5.82 Å². The van der Waals surface area contributed by atoms with Gasteiger partial charge in [0, 0.05) is 5.02 Å². The van der Waals surface area contributed by atoms with Crippen LogP contribution in [-0.2, 0) is 4.74 Å². The Morgan fingerprint density at radius 2 is 2.04 bits per heavy atom. The molecule has 1 amide bonds. The predicted octanol–water partition coefficient (Wildman–Crippen LogP) is 3.57. The fourth-order valence-corrected chi connectivity index (χ4v) is 2.01. The summed E-state index contributed by atoms with van der Waals surface area (Å²) in [5.74, 6) is -1.22. The van der Waals surface area contributed by atoms with E-state index in [0.717, 1.165) is 6.20 Å². The van der Waals surface area contributed by atoms with E-state index in [1.165, 1.54) is 4.68 Å². The average molecular weight is 338 g/mol. The van der Waals surface area contributed by atoms with Gasteiger partial charge in [-0.25, -0.2) is 14.3 Å². The zero-order valence-corrected chi connectivity index (χ0v) is 13.6. The maximum atomic E-state index is 12.0. The standard InChI is InChI=1S/C15H16ClN3O4/c1-15(2,3)23-14(22)18-12-11(13(20)21)8-17-19(12)10-6-4-5-9(16)7-10/h4-8H,1-3H3,(H,18,22)(H,20,21). The third-order valence-electron chi connectivity index (χ3n) is 2.67. The fraction of sp³-hybridized carbons (Fsp3) is 0.267.